The van der Waals surface area contributed by atoms with Crippen LogP contribution in [-0.2, 0) is 9.59 Å². The molecule has 26 heavy (non-hydrogen) atoms. The molecule has 8 heteroatoms. The highest BCUT2D eigenvalue weighted by Gasteiger charge is 2.18. The lowest BCUT2D eigenvalue weighted by Crippen LogP contribution is -2.37. The van der Waals surface area contributed by atoms with Gasteiger partial charge in [0.1, 0.15) is 12.7 Å². The van der Waals surface area contributed by atoms with Gasteiger partial charge in [-0.1, -0.05) is 29.8 Å². The molecule has 0 aliphatic heterocycles. The van der Waals surface area contributed by atoms with Crippen molar-refractivity contribution in [3.05, 3.63) is 71.8 Å². The number of amides is 2. The van der Waals surface area contributed by atoms with Crippen LogP contribution in [0, 0.1) is 0 Å². The highest BCUT2D eigenvalue weighted by Crippen LogP contribution is 2.22. The summed E-state index contributed by atoms with van der Waals surface area (Å²) in [6.07, 6.45) is 3.00. The number of carbonyl (C=O) groups is 2. The van der Waals surface area contributed by atoms with E-state index in [4.69, 9.17) is 11.6 Å². The van der Waals surface area contributed by atoms with Crippen molar-refractivity contribution in [2.75, 3.05) is 5.32 Å². The molecule has 0 saturated carbocycles. The molecule has 2 amide bonds. The van der Waals surface area contributed by atoms with E-state index < -0.39 is 17.9 Å². The van der Waals surface area contributed by atoms with Gasteiger partial charge in [0.2, 0.25) is 0 Å². The van der Waals surface area contributed by atoms with Gasteiger partial charge in [-0.15, -0.1) is 0 Å². The van der Waals surface area contributed by atoms with E-state index in [1.165, 1.54) is 6.33 Å². The summed E-state index contributed by atoms with van der Waals surface area (Å²) < 4.78 is 1.59. The molecule has 0 aliphatic carbocycles. The molecule has 1 unspecified atom stereocenters. The van der Waals surface area contributed by atoms with Crippen LogP contribution in [0.5, 0.6) is 0 Å². The highest BCUT2D eigenvalue weighted by molar-refractivity contribution is 6.39. The Morgan fingerprint density at radius 2 is 1.81 bits per heavy atom. The Hall–Kier alpha value is -3.19. The van der Waals surface area contributed by atoms with Gasteiger partial charge in [0.05, 0.1) is 11.7 Å². The van der Waals surface area contributed by atoms with Gasteiger partial charge in [0.15, 0.2) is 0 Å². The van der Waals surface area contributed by atoms with Crippen LogP contribution in [0.25, 0.3) is 5.69 Å². The quantitative estimate of drug-likeness (QED) is 0.692. The summed E-state index contributed by atoms with van der Waals surface area (Å²) in [5, 5.41) is 9.74. The average molecular weight is 370 g/mol. The van der Waals surface area contributed by atoms with Gasteiger partial charge in [-0.25, -0.2) is 9.67 Å². The minimum absolute atomic E-state index is 0.392. The number of aromatic nitrogens is 3. The van der Waals surface area contributed by atoms with Crippen LogP contribution >= 0.6 is 11.6 Å². The number of hydrogen-bond acceptors (Lipinski definition) is 4. The number of carbonyl (C=O) groups excluding carboxylic acids is 2. The first-order valence-corrected chi connectivity index (χ1v) is 8.24. The van der Waals surface area contributed by atoms with E-state index >= 15 is 0 Å². The van der Waals surface area contributed by atoms with Crippen LogP contribution in [0.3, 0.4) is 0 Å². The van der Waals surface area contributed by atoms with E-state index in [2.05, 4.69) is 20.7 Å². The summed E-state index contributed by atoms with van der Waals surface area (Å²) >= 11 is 6.11. The Labute approximate surface area is 155 Å². The second kappa shape index (κ2) is 7.79. The number of nitrogens with one attached hydrogen (secondary N) is 2. The summed E-state index contributed by atoms with van der Waals surface area (Å²) in [4.78, 5) is 28.1. The minimum atomic E-state index is -0.752. The smallest absolute Gasteiger partial charge is 0.313 e. The molecule has 0 radical (unpaired) electrons. The van der Waals surface area contributed by atoms with Crippen molar-refractivity contribution >= 4 is 29.1 Å². The Kier molecular flexibility index (Phi) is 5.28. The van der Waals surface area contributed by atoms with Crippen LogP contribution < -0.4 is 10.6 Å². The maximum Gasteiger partial charge on any atom is 0.313 e. The topological polar surface area (TPSA) is 88.9 Å². The Bertz CT molecular complexity index is 910. The van der Waals surface area contributed by atoms with Crippen LogP contribution in [0.4, 0.5) is 5.69 Å². The van der Waals surface area contributed by atoms with E-state index in [-0.39, 0.29) is 0 Å². The number of benzene rings is 2. The standard InChI is InChI=1S/C18H16ClN5O2/c1-12(15-4-2-3-5-16(15)19)22-17(25)18(26)23-13-6-8-14(9-7-13)24-11-20-10-21-24/h2-12H,1H3,(H,22,25)(H,23,26). The number of halogens is 1. The van der Waals surface area contributed by atoms with Crippen molar-refractivity contribution in [2.24, 2.45) is 0 Å². The number of rotatable bonds is 4. The van der Waals surface area contributed by atoms with Gasteiger partial charge in [0.25, 0.3) is 0 Å². The zero-order valence-electron chi connectivity index (χ0n) is 13.9. The zero-order valence-corrected chi connectivity index (χ0v) is 14.6. The van der Waals surface area contributed by atoms with E-state index in [1.807, 2.05) is 6.07 Å². The average Bonchev–Trinajstić information content (AvgIpc) is 3.17. The fraction of sp³-hybridized carbons (Fsp3) is 0.111. The highest BCUT2D eigenvalue weighted by atomic mass is 35.5. The maximum absolute atomic E-state index is 12.1. The Morgan fingerprint density at radius 1 is 1.08 bits per heavy atom. The molecule has 7 nitrogen and oxygen atoms in total. The van der Waals surface area contributed by atoms with Gasteiger partial charge in [-0.05, 0) is 42.8 Å². The molecule has 3 aromatic rings. The van der Waals surface area contributed by atoms with Gasteiger partial charge < -0.3 is 10.6 Å². The van der Waals surface area contributed by atoms with Crippen LogP contribution in [0.1, 0.15) is 18.5 Å². The number of anilines is 1. The van der Waals surface area contributed by atoms with Crippen LogP contribution in [0.2, 0.25) is 5.02 Å². The zero-order chi connectivity index (χ0) is 18.5. The molecule has 0 aliphatic rings. The summed E-state index contributed by atoms with van der Waals surface area (Å²) in [7, 11) is 0. The van der Waals surface area contributed by atoms with E-state index in [0.717, 1.165) is 11.3 Å². The fourth-order valence-corrected chi connectivity index (χ4v) is 2.69. The fourth-order valence-electron chi connectivity index (χ4n) is 2.39. The van der Waals surface area contributed by atoms with Crippen LogP contribution in [0.15, 0.2) is 61.2 Å². The number of nitrogens with zero attached hydrogens (tertiary/aromatic N) is 3. The lowest BCUT2D eigenvalue weighted by atomic mass is 10.1. The third-order valence-electron chi connectivity index (χ3n) is 3.73. The molecule has 2 aromatic carbocycles. The Morgan fingerprint density at radius 3 is 2.46 bits per heavy atom. The van der Waals surface area contributed by atoms with Crippen molar-refractivity contribution in [2.45, 2.75) is 13.0 Å². The van der Waals surface area contributed by atoms with E-state index in [0.29, 0.717) is 10.7 Å². The second-order valence-corrected chi connectivity index (χ2v) is 5.96. The normalized spacial score (nSPS) is 11.6. The van der Waals surface area contributed by atoms with Gasteiger partial charge in [-0.3, -0.25) is 9.59 Å². The van der Waals surface area contributed by atoms with E-state index in [9.17, 15) is 9.59 Å². The molecule has 132 valence electrons. The van der Waals surface area contributed by atoms with Crippen molar-refractivity contribution in [1.82, 2.24) is 20.1 Å². The van der Waals surface area contributed by atoms with Crippen molar-refractivity contribution < 1.29 is 9.59 Å². The molecule has 0 bridgehead atoms. The molecular weight excluding hydrogens is 354 g/mol. The molecule has 0 spiro atoms. The maximum atomic E-state index is 12.1. The van der Waals surface area contributed by atoms with Crippen LogP contribution in [-0.4, -0.2) is 26.6 Å². The summed E-state index contributed by atoms with van der Waals surface area (Å²) in [6.45, 7) is 1.76. The third-order valence-corrected chi connectivity index (χ3v) is 4.08. The van der Waals surface area contributed by atoms with Gasteiger partial charge in [-0.2, -0.15) is 5.10 Å². The van der Waals surface area contributed by atoms with Gasteiger partial charge in [0, 0.05) is 10.7 Å². The Balaban J connectivity index is 1.60. The molecule has 2 N–H and O–H groups in total. The first-order chi connectivity index (χ1) is 12.5. The molecule has 3 rings (SSSR count). The lowest BCUT2D eigenvalue weighted by Gasteiger charge is -2.15. The molecular formula is C18H16ClN5O2. The molecule has 0 fully saturated rings. The predicted octanol–water partition coefficient (Wildman–Crippen LogP) is 2.74. The molecule has 1 atom stereocenters. The summed E-state index contributed by atoms with van der Waals surface area (Å²) in [5.74, 6) is -1.49. The largest absolute Gasteiger partial charge is 0.341 e. The summed E-state index contributed by atoms with van der Waals surface area (Å²) in [6, 6.07) is 13.6. The first kappa shape index (κ1) is 17.6. The monoisotopic (exact) mass is 369 g/mol. The predicted molar refractivity (Wildman–Crippen MR) is 98.0 cm³/mol. The molecule has 1 heterocycles. The molecule has 0 saturated heterocycles. The van der Waals surface area contributed by atoms with Crippen molar-refractivity contribution in [3.8, 4) is 5.69 Å². The molecule has 1 aromatic heterocycles. The lowest BCUT2D eigenvalue weighted by molar-refractivity contribution is -0.136. The minimum Gasteiger partial charge on any atom is -0.341 e. The summed E-state index contributed by atoms with van der Waals surface area (Å²) in [5.41, 5.74) is 2.03. The third kappa shape index (κ3) is 4.07. The SMILES string of the molecule is CC(NC(=O)C(=O)Nc1ccc(-n2cncn2)cc1)c1ccccc1Cl. The van der Waals surface area contributed by atoms with Crippen molar-refractivity contribution in [1.29, 1.82) is 0 Å². The second-order valence-electron chi connectivity index (χ2n) is 5.56. The van der Waals surface area contributed by atoms with E-state index in [1.54, 1.807) is 60.4 Å². The van der Waals surface area contributed by atoms with Gasteiger partial charge >= 0.3 is 11.8 Å². The first-order valence-electron chi connectivity index (χ1n) is 7.86. The number of hydrogen-bond donors (Lipinski definition) is 2. The van der Waals surface area contributed by atoms with Crippen molar-refractivity contribution in [3.63, 3.8) is 0 Å².